The molecule has 0 bridgehead atoms. The Balaban J connectivity index is 1.37. The fraction of sp³-hybridized carbons (Fsp3) is 0.567. The maximum Gasteiger partial charge on any atom is 0.136 e. The summed E-state index contributed by atoms with van der Waals surface area (Å²) in [7, 11) is 1.63. The van der Waals surface area contributed by atoms with Gasteiger partial charge in [-0.2, -0.15) is 5.26 Å². The van der Waals surface area contributed by atoms with Crippen molar-refractivity contribution in [3.8, 4) is 11.8 Å². The van der Waals surface area contributed by atoms with Gasteiger partial charge in [0.1, 0.15) is 11.8 Å². The first-order valence-corrected chi connectivity index (χ1v) is 13.4. The van der Waals surface area contributed by atoms with Gasteiger partial charge in [0.05, 0.1) is 12.7 Å². The van der Waals surface area contributed by atoms with Crippen molar-refractivity contribution in [1.29, 1.82) is 5.26 Å². The standard InChI is InChI=1S/C30H40N4O/c1-22(2)26-6-4-5-7-27(26)28-21-33(20-23-8-9-29(35-3)24(16-23)19-31)14-15-34(28)25-17-30(18-25)10-12-32-13-11-30/h4-9,16,22,25,28,32H,10-15,17-18,20-21H2,1-3H3. The third-order valence-electron chi connectivity index (χ3n) is 8.74. The van der Waals surface area contributed by atoms with Gasteiger partial charge < -0.3 is 10.1 Å². The van der Waals surface area contributed by atoms with E-state index < -0.39 is 0 Å². The van der Waals surface area contributed by atoms with Crippen LogP contribution in [0.25, 0.3) is 0 Å². The summed E-state index contributed by atoms with van der Waals surface area (Å²) in [6.45, 7) is 11.1. The highest BCUT2D eigenvalue weighted by Crippen LogP contribution is 2.52. The van der Waals surface area contributed by atoms with E-state index in [0.29, 0.717) is 34.7 Å². The first kappa shape index (κ1) is 24.3. The molecule has 1 spiro atoms. The van der Waals surface area contributed by atoms with Crippen molar-refractivity contribution in [2.24, 2.45) is 5.41 Å². The van der Waals surface area contributed by atoms with E-state index in [2.05, 4.69) is 65.4 Å². The molecule has 5 rings (SSSR count). The average molecular weight is 473 g/mol. The van der Waals surface area contributed by atoms with E-state index in [0.717, 1.165) is 26.2 Å². The van der Waals surface area contributed by atoms with Crippen LogP contribution in [-0.2, 0) is 6.54 Å². The quantitative estimate of drug-likeness (QED) is 0.635. The van der Waals surface area contributed by atoms with Gasteiger partial charge in [0.2, 0.25) is 0 Å². The molecular formula is C30H40N4O. The molecule has 5 nitrogen and oxygen atoms in total. The largest absolute Gasteiger partial charge is 0.495 e. The van der Waals surface area contributed by atoms with Crippen molar-refractivity contribution in [3.63, 3.8) is 0 Å². The maximum absolute atomic E-state index is 9.53. The highest BCUT2D eigenvalue weighted by molar-refractivity contribution is 5.45. The summed E-state index contributed by atoms with van der Waals surface area (Å²) < 4.78 is 5.35. The molecule has 0 aromatic heterocycles. The predicted molar refractivity (Wildman–Crippen MR) is 141 cm³/mol. The Hall–Kier alpha value is -2.39. The van der Waals surface area contributed by atoms with Gasteiger partial charge in [-0.05, 0) is 78.9 Å². The van der Waals surface area contributed by atoms with Crippen molar-refractivity contribution in [3.05, 3.63) is 64.7 Å². The topological polar surface area (TPSA) is 51.5 Å². The minimum atomic E-state index is 0.417. The molecule has 2 aliphatic heterocycles. The molecule has 35 heavy (non-hydrogen) atoms. The Morgan fingerprint density at radius 2 is 1.89 bits per heavy atom. The lowest BCUT2D eigenvalue weighted by Gasteiger charge is -2.57. The molecule has 2 saturated heterocycles. The summed E-state index contributed by atoms with van der Waals surface area (Å²) in [4.78, 5) is 5.43. The number of piperidine rings is 1. The lowest BCUT2D eigenvalue weighted by atomic mass is 9.60. The number of nitrogens with one attached hydrogen (secondary N) is 1. The predicted octanol–water partition coefficient (Wildman–Crippen LogP) is 5.08. The zero-order valence-electron chi connectivity index (χ0n) is 21.6. The maximum atomic E-state index is 9.53. The van der Waals surface area contributed by atoms with Crippen LogP contribution in [0.5, 0.6) is 5.75 Å². The van der Waals surface area contributed by atoms with Crippen LogP contribution >= 0.6 is 0 Å². The first-order valence-electron chi connectivity index (χ1n) is 13.4. The van der Waals surface area contributed by atoms with Gasteiger partial charge in [0.15, 0.2) is 0 Å². The number of methoxy groups -OCH3 is 1. The summed E-state index contributed by atoms with van der Waals surface area (Å²) in [6.07, 6.45) is 5.41. The van der Waals surface area contributed by atoms with Crippen molar-refractivity contribution in [2.75, 3.05) is 39.8 Å². The van der Waals surface area contributed by atoms with Gasteiger partial charge in [-0.1, -0.05) is 44.2 Å². The molecule has 1 saturated carbocycles. The van der Waals surface area contributed by atoms with E-state index in [9.17, 15) is 5.26 Å². The molecule has 0 amide bonds. The van der Waals surface area contributed by atoms with E-state index >= 15 is 0 Å². The molecule has 2 aromatic carbocycles. The van der Waals surface area contributed by atoms with Gasteiger partial charge in [0.25, 0.3) is 0 Å². The summed E-state index contributed by atoms with van der Waals surface area (Å²) in [5.74, 6) is 1.17. The fourth-order valence-electron chi connectivity index (χ4n) is 6.79. The molecule has 186 valence electrons. The molecule has 1 atom stereocenters. The van der Waals surface area contributed by atoms with Crippen molar-refractivity contribution >= 4 is 0 Å². The normalized spacial score (nSPS) is 23.2. The number of hydrogen-bond donors (Lipinski definition) is 1. The zero-order chi connectivity index (χ0) is 24.4. The Labute approximate surface area is 211 Å². The van der Waals surface area contributed by atoms with Gasteiger partial charge in [0, 0.05) is 38.3 Å². The minimum Gasteiger partial charge on any atom is -0.495 e. The van der Waals surface area contributed by atoms with Crippen LogP contribution in [0.3, 0.4) is 0 Å². The van der Waals surface area contributed by atoms with Crippen LogP contribution in [-0.4, -0.2) is 55.7 Å². The number of rotatable bonds is 6. The Bertz CT molecular complexity index is 1060. The van der Waals surface area contributed by atoms with Crippen LogP contribution < -0.4 is 10.1 Å². The van der Waals surface area contributed by atoms with Crippen LogP contribution in [0.4, 0.5) is 0 Å². The molecule has 0 radical (unpaired) electrons. The number of piperazine rings is 1. The van der Waals surface area contributed by atoms with Crippen LogP contribution in [0.1, 0.15) is 73.7 Å². The number of nitrogens with zero attached hydrogens (tertiary/aromatic N) is 3. The SMILES string of the molecule is COc1ccc(CN2CCN(C3CC4(CCNCC4)C3)C(c3ccccc3C(C)C)C2)cc1C#N. The van der Waals surface area contributed by atoms with E-state index in [1.54, 1.807) is 7.11 Å². The van der Waals surface area contributed by atoms with E-state index in [1.807, 2.05) is 12.1 Å². The lowest BCUT2D eigenvalue weighted by Crippen LogP contribution is -2.59. The molecule has 3 aliphatic rings. The van der Waals surface area contributed by atoms with Gasteiger partial charge in [-0.25, -0.2) is 0 Å². The summed E-state index contributed by atoms with van der Waals surface area (Å²) in [6, 6.07) is 18.6. The molecule has 2 aromatic rings. The van der Waals surface area contributed by atoms with Gasteiger partial charge in [-0.3, -0.25) is 9.80 Å². The van der Waals surface area contributed by atoms with Gasteiger partial charge >= 0.3 is 0 Å². The second-order valence-corrected chi connectivity index (χ2v) is 11.2. The second-order valence-electron chi connectivity index (χ2n) is 11.2. The third kappa shape index (κ3) is 4.98. The average Bonchev–Trinajstić information content (AvgIpc) is 2.87. The molecule has 1 unspecified atom stereocenters. The lowest BCUT2D eigenvalue weighted by molar-refractivity contribution is -0.0650. The van der Waals surface area contributed by atoms with Gasteiger partial charge in [-0.15, -0.1) is 0 Å². The smallest absolute Gasteiger partial charge is 0.136 e. The van der Waals surface area contributed by atoms with E-state index in [4.69, 9.17) is 4.74 Å². The number of hydrogen-bond acceptors (Lipinski definition) is 5. The molecule has 3 fully saturated rings. The molecule has 1 N–H and O–H groups in total. The van der Waals surface area contributed by atoms with Crippen molar-refractivity contribution < 1.29 is 4.74 Å². The summed E-state index contributed by atoms with van der Waals surface area (Å²) in [5, 5.41) is 13.1. The minimum absolute atomic E-state index is 0.417. The summed E-state index contributed by atoms with van der Waals surface area (Å²) in [5.41, 5.74) is 5.38. The Kier molecular flexibility index (Phi) is 7.16. The van der Waals surface area contributed by atoms with E-state index in [1.165, 1.54) is 55.5 Å². The fourth-order valence-corrected chi connectivity index (χ4v) is 6.79. The Morgan fingerprint density at radius 3 is 2.60 bits per heavy atom. The monoisotopic (exact) mass is 472 g/mol. The molecule has 5 heteroatoms. The molecule has 1 aliphatic carbocycles. The molecular weight excluding hydrogens is 432 g/mol. The van der Waals surface area contributed by atoms with Crippen LogP contribution in [0.15, 0.2) is 42.5 Å². The van der Waals surface area contributed by atoms with Crippen LogP contribution in [0, 0.1) is 16.7 Å². The second kappa shape index (κ2) is 10.3. The highest BCUT2D eigenvalue weighted by Gasteiger charge is 2.49. The number of nitriles is 1. The van der Waals surface area contributed by atoms with Crippen molar-refractivity contribution in [1.82, 2.24) is 15.1 Å². The number of benzene rings is 2. The third-order valence-corrected chi connectivity index (χ3v) is 8.74. The van der Waals surface area contributed by atoms with E-state index in [-0.39, 0.29) is 0 Å². The molecule has 2 heterocycles. The zero-order valence-corrected chi connectivity index (χ0v) is 21.6. The number of ether oxygens (including phenoxy) is 1. The Morgan fingerprint density at radius 1 is 1.11 bits per heavy atom. The van der Waals surface area contributed by atoms with Crippen molar-refractivity contribution in [2.45, 2.75) is 64.1 Å². The summed E-state index contributed by atoms with van der Waals surface area (Å²) >= 11 is 0. The highest BCUT2D eigenvalue weighted by atomic mass is 16.5. The van der Waals surface area contributed by atoms with Crippen LogP contribution in [0.2, 0.25) is 0 Å². The first-order chi connectivity index (χ1) is 17.0.